The molecule has 7 nitrogen and oxygen atoms in total. The smallest absolute Gasteiger partial charge is 0.243 e. The molecule has 0 amide bonds. The summed E-state index contributed by atoms with van der Waals surface area (Å²) in [4.78, 5) is 14.5. The van der Waals surface area contributed by atoms with Crippen molar-refractivity contribution in [1.82, 2.24) is 15.0 Å². The van der Waals surface area contributed by atoms with Crippen LogP contribution in [0.2, 0.25) is 0 Å². The molecule has 0 aromatic carbocycles. The molecule has 7 heteroatoms. The molecule has 0 atom stereocenters. The third kappa shape index (κ3) is 2.79. The van der Waals surface area contributed by atoms with Crippen molar-refractivity contribution < 1.29 is 0 Å². The van der Waals surface area contributed by atoms with E-state index in [9.17, 15) is 0 Å². The summed E-state index contributed by atoms with van der Waals surface area (Å²) in [6.45, 7) is 3.13. The second-order valence-electron chi connectivity index (χ2n) is 5.03. The average Bonchev–Trinajstić information content (AvgIpc) is 3.16. The Morgan fingerprint density at radius 2 is 1.89 bits per heavy atom. The molecular formula is C11H21N7. The van der Waals surface area contributed by atoms with Crippen molar-refractivity contribution in [3.05, 3.63) is 0 Å². The molecule has 1 heterocycles. The van der Waals surface area contributed by atoms with Gasteiger partial charge in [-0.25, -0.2) is 5.84 Å². The predicted octanol–water partition coefficient (Wildman–Crippen LogP) is 0.825. The van der Waals surface area contributed by atoms with Crippen molar-refractivity contribution in [2.75, 3.05) is 36.3 Å². The van der Waals surface area contributed by atoms with Crippen LogP contribution >= 0.6 is 0 Å². The molecule has 0 unspecified atom stereocenters. The summed E-state index contributed by atoms with van der Waals surface area (Å²) in [5, 5.41) is 3.28. The minimum absolute atomic E-state index is 0.373. The highest BCUT2D eigenvalue weighted by Gasteiger charge is 2.40. The van der Waals surface area contributed by atoms with Gasteiger partial charge in [-0.1, -0.05) is 6.92 Å². The Bertz CT molecular complexity index is 414. The fraction of sp³-hybridized carbons (Fsp3) is 0.727. The van der Waals surface area contributed by atoms with E-state index in [2.05, 4.69) is 32.6 Å². The number of nitrogens with two attached hydrogens (primary N) is 1. The van der Waals surface area contributed by atoms with Gasteiger partial charge in [-0.15, -0.1) is 0 Å². The van der Waals surface area contributed by atoms with Crippen LogP contribution in [0.15, 0.2) is 0 Å². The Hall–Kier alpha value is -1.63. The van der Waals surface area contributed by atoms with Gasteiger partial charge in [0.05, 0.1) is 0 Å². The van der Waals surface area contributed by atoms with Crippen LogP contribution in [0.25, 0.3) is 0 Å². The van der Waals surface area contributed by atoms with Crippen LogP contribution in [0.4, 0.5) is 17.8 Å². The fourth-order valence-electron chi connectivity index (χ4n) is 1.81. The van der Waals surface area contributed by atoms with E-state index in [0.717, 1.165) is 6.54 Å². The normalized spacial score (nSPS) is 16.2. The molecule has 1 aliphatic carbocycles. The van der Waals surface area contributed by atoms with E-state index < -0.39 is 0 Å². The standard InChI is InChI=1S/C11H21N7/c1-4-11(5-6-11)7-13-8-14-9(17-12)16-10(15-8)18(2)3/h4-7,12H2,1-3H3,(H2,13,14,15,16,17). The van der Waals surface area contributed by atoms with Crippen molar-refractivity contribution in [3.63, 3.8) is 0 Å². The third-order valence-electron chi connectivity index (χ3n) is 3.48. The number of anilines is 3. The lowest BCUT2D eigenvalue weighted by Crippen LogP contribution is -2.21. The molecular weight excluding hydrogens is 230 g/mol. The van der Waals surface area contributed by atoms with Gasteiger partial charge in [-0.05, 0) is 24.7 Å². The number of hydrazine groups is 1. The maximum absolute atomic E-state index is 5.36. The molecule has 0 saturated heterocycles. The molecule has 1 aromatic heterocycles. The molecule has 1 saturated carbocycles. The number of nitrogens with zero attached hydrogens (tertiary/aromatic N) is 4. The van der Waals surface area contributed by atoms with Crippen molar-refractivity contribution in [3.8, 4) is 0 Å². The van der Waals surface area contributed by atoms with Gasteiger partial charge in [-0.2, -0.15) is 15.0 Å². The van der Waals surface area contributed by atoms with E-state index >= 15 is 0 Å². The van der Waals surface area contributed by atoms with Gasteiger partial charge >= 0.3 is 0 Å². The summed E-state index contributed by atoms with van der Waals surface area (Å²) >= 11 is 0. The molecule has 0 bridgehead atoms. The first-order valence-corrected chi connectivity index (χ1v) is 6.22. The lowest BCUT2D eigenvalue weighted by Gasteiger charge is -2.16. The van der Waals surface area contributed by atoms with Crippen LogP contribution in [0.1, 0.15) is 26.2 Å². The first kappa shape index (κ1) is 12.8. The Balaban J connectivity index is 2.09. The van der Waals surface area contributed by atoms with Crippen LogP contribution < -0.4 is 21.5 Å². The van der Waals surface area contributed by atoms with E-state index in [4.69, 9.17) is 5.84 Å². The summed E-state index contributed by atoms with van der Waals surface area (Å²) in [5.41, 5.74) is 2.91. The third-order valence-corrected chi connectivity index (χ3v) is 3.48. The van der Waals surface area contributed by atoms with Crippen LogP contribution in [0, 0.1) is 5.41 Å². The number of nitrogen functional groups attached to an aromatic ring is 1. The Labute approximate surface area is 107 Å². The Kier molecular flexibility index (Phi) is 3.51. The minimum Gasteiger partial charge on any atom is -0.353 e. The van der Waals surface area contributed by atoms with E-state index in [-0.39, 0.29) is 0 Å². The maximum atomic E-state index is 5.36. The van der Waals surface area contributed by atoms with E-state index in [1.54, 1.807) is 0 Å². The van der Waals surface area contributed by atoms with Gasteiger partial charge in [0, 0.05) is 20.6 Å². The molecule has 2 rings (SSSR count). The SMILES string of the molecule is CCC1(CNc2nc(NN)nc(N(C)C)n2)CC1. The quantitative estimate of drug-likeness (QED) is 0.509. The summed E-state index contributed by atoms with van der Waals surface area (Å²) in [6.07, 6.45) is 3.75. The predicted molar refractivity (Wildman–Crippen MR) is 72.4 cm³/mol. The molecule has 1 aliphatic rings. The second kappa shape index (κ2) is 4.93. The fourth-order valence-corrected chi connectivity index (χ4v) is 1.81. The number of rotatable bonds is 6. The minimum atomic E-state index is 0.373. The monoisotopic (exact) mass is 251 g/mol. The zero-order chi connectivity index (χ0) is 13.2. The molecule has 18 heavy (non-hydrogen) atoms. The first-order valence-electron chi connectivity index (χ1n) is 6.22. The molecule has 1 aromatic rings. The Morgan fingerprint density at radius 1 is 1.22 bits per heavy atom. The number of hydrogen-bond acceptors (Lipinski definition) is 7. The highest BCUT2D eigenvalue weighted by atomic mass is 15.4. The molecule has 100 valence electrons. The summed E-state index contributed by atoms with van der Waals surface area (Å²) < 4.78 is 0. The molecule has 0 radical (unpaired) electrons. The van der Waals surface area contributed by atoms with Gasteiger partial charge in [-0.3, -0.25) is 5.43 Å². The molecule has 1 fully saturated rings. The van der Waals surface area contributed by atoms with Gasteiger partial charge in [0.2, 0.25) is 17.8 Å². The average molecular weight is 251 g/mol. The topological polar surface area (TPSA) is 92.0 Å². The lowest BCUT2D eigenvalue weighted by molar-refractivity contribution is 0.519. The van der Waals surface area contributed by atoms with E-state index in [1.165, 1.54) is 19.3 Å². The second-order valence-corrected chi connectivity index (χ2v) is 5.03. The molecule has 0 spiro atoms. The van der Waals surface area contributed by atoms with Crippen molar-refractivity contribution >= 4 is 17.8 Å². The van der Waals surface area contributed by atoms with E-state index in [0.29, 0.717) is 23.3 Å². The number of nitrogens with one attached hydrogen (secondary N) is 2. The summed E-state index contributed by atoms with van der Waals surface area (Å²) in [5.74, 6) is 6.89. The first-order chi connectivity index (χ1) is 8.58. The number of hydrogen-bond donors (Lipinski definition) is 3. The van der Waals surface area contributed by atoms with E-state index in [1.807, 2.05) is 19.0 Å². The van der Waals surface area contributed by atoms with Gasteiger partial charge < -0.3 is 10.2 Å². The molecule has 4 N–H and O–H groups in total. The molecule has 0 aliphatic heterocycles. The summed E-state index contributed by atoms with van der Waals surface area (Å²) in [7, 11) is 3.77. The highest BCUT2D eigenvalue weighted by Crippen LogP contribution is 2.48. The van der Waals surface area contributed by atoms with Crippen LogP contribution in [-0.2, 0) is 0 Å². The summed E-state index contributed by atoms with van der Waals surface area (Å²) in [6, 6.07) is 0. The number of aromatic nitrogens is 3. The van der Waals surface area contributed by atoms with Crippen LogP contribution in [0.3, 0.4) is 0 Å². The highest BCUT2D eigenvalue weighted by molar-refractivity contribution is 5.42. The van der Waals surface area contributed by atoms with Gasteiger partial charge in [0.1, 0.15) is 0 Å². The van der Waals surface area contributed by atoms with Crippen LogP contribution in [-0.4, -0.2) is 35.6 Å². The van der Waals surface area contributed by atoms with Gasteiger partial charge in [0.25, 0.3) is 0 Å². The van der Waals surface area contributed by atoms with Crippen molar-refractivity contribution in [2.45, 2.75) is 26.2 Å². The van der Waals surface area contributed by atoms with Crippen molar-refractivity contribution in [1.29, 1.82) is 0 Å². The van der Waals surface area contributed by atoms with Crippen LogP contribution in [0.5, 0.6) is 0 Å². The zero-order valence-corrected chi connectivity index (χ0v) is 11.2. The zero-order valence-electron chi connectivity index (χ0n) is 11.2. The maximum Gasteiger partial charge on any atom is 0.243 e. The largest absolute Gasteiger partial charge is 0.353 e. The Morgan fingerprint density at radius 3 is 2.39 bits per heavy atom. The van der Waals surface area contributed by atoms with Crippen molar-refractivity contribution in [2.24, 2.45) is 11.3 Å². The van der Waals surface area contributed by atoms with Gasteiger partial charge in [0.15, 0.2) is 0 Å². The lowest BCUT2D eigenvalue weighted by atomic mass is 10.0.